The summed E-state index contributed by atoms with van der Waals surface area (Å²) in [7, 11) is -3.24. The third-order valence-electron chi connectivity index (χ3n) is 3.21. The van der Waals surface area contributed by atoms with E-state index in [1.54, 1.807) is 6.92 Å². The summed E-state index contributed by atoms with van der Waals surface area (Å²) in [5.74, 6) is 0. The second kappa shape index (κ2) is 5.95. The number of hydrogen-bond donors (Lipinski definition) is 2. The van der Waals surface area contributed by atoms with E-state index >= 15 is 0 Å². The molecule has 0 aromatic rings. The Kier molecular flexibility index (Phi) is 5.17. The Hall–Kier alpha value is -0.170. The minimum atomic E-state index is -3.24. The van der Waals surface area contributed by atoms with E-state index in [9.17, 15) is 8.42 Å². The molecule has 0 spiro atoms. The van der Waals surface area contributed by atoms with Crippen LogP contribution < -0.4 is 10.5 Å². The van der Waals surface area contributed by atoms with Gasteiger partial charge < -0.3 is 5.73 Å². The molecule has 2 atom stereocenters. The normalized spacial score (nSPS) is 22.2. The predicted octanol–water partition coefficient (Wildman–Crippen LogP) is -0.263. The van der Waals surface area contributed by atoms with E-state index in [-0.39, 0.29) is 12.6 Å². The van der Waals surface area contributed by atoms with E-state index in [2.05, 4.69) is 16.5 Å². The van der Waals surface area contributed by atoms with Gasteiger partial charge in [-0.25, -0.2) is 13.1 Å². The predicted molar refractivity (Wildman–Crippen MR) is 65.7 cm³/mol. The van der Waals surface area contributed by atoms with E-state index in [4.69, 9.17) is 5.73 Å². The van der Waals surface area contributed by atoms with Crippen molar-refractivity contribution in [3.8, 4) is 0 Å². The van der Waals surface area contributed by atoms with E-state index in [1.165, 1.54) is 12.8 Å². The molecule has 0 amide bonds. The Balaban J connectivity index is 2.38. The van der Waals surface area contributed by atoms with Crippen LogP contribution in [-0.4, -0.2) is 50.8 Å². The highest BCUT2D eigenvalue weighted by Crippen LogP contribution is 2.11. The van der Waals surface area contributed by atoms with Crippen LogP contribution in [0.5, 0.6) is 0 Å². The van der Waals surface area contributed by atoms with Crippen molar-refractivity contribution in [2.75, 3.05) is 26.2 Å². The van der Waals surface area contributed by atoms with Crippen LogP contribution in [0.3, 0.4) is 0 Å². The van der Waals surface area contributed by atoms with Crippen LogP contribution in [0.2, 0.25) is 0 Å². The summed E-state index contributed by atoms with van der Waals surface area (Å²) in [6, 6.07) is 0.266. The third kappa shape index (κ3) is 3.69. The molecule has 0 radical (unpaired) electrons. The molecule has 6 heteroatoms. The second-order valence-electron chi connectivity index (χ2n) is 4.53. The molecular weight excluding hydrogens is 226 g/mol. The standard InChI is InChI=1S/C10H23N3O2S/c1-9(13-5-3-4-6-13)8-12-16(14,15)10(2)7-11/h9-10,12H,3-8,11H2,1-2H3. The van der Waals surface area contributed by atoms with Crippen molar-refractivity contribution in [2.45, 2.75) is 38.0 Å². The number of hydrogen-bond acceptors (Lipinski definition) is 4. The summed E-state index contributed by atoms with van der Waals surface area (Å²) in [5.41, 5.74) is 5.36. The molecule has 1 fully saturated rings. The summed E-state index contributed by atoms with van der Waals surface area (Å²) in [6.07, 6.45) is 2.44. The van der Waals surface area contributed by atoms with Gasteiger partial charge in [-0.3, -0.25) is 4.90 Å². The molecule has 1 rings (SSSR count). The highest BCUT2D eigenvalue weighted by atomic mass is 32.2. The fourth-order valence-corrected chi connectivity index (χ4v) is 2.83. The number of nitrogens with one attached hydrogen (secondary N) is 1. The number of nitrogens with two attached hydrogens (primary N) is 1. The van der Waals surface area contributed by atoms with Crippen LogP contribution in [0.4, 0.5) is 0 Å². The smallest absolute Gasteiger partial charge is 0.215 e. The van der Waals surface area contributed by atoms with Crippen LogP contribution >= 0.6 is 0 Å². The molecule has 96 valence electrons. The zero-order chi connectivity index (χ0) is 12.2. The van der Waals surface area contributed by atoms with Gasteiger partial charge in [0.2, 0.25) is 10.0 Å². The molecule has 1 aliphatic heterocycles. The summed E-state index contributed by atoms with van der Waals surface area (Å²) in [5, 5.41) is -0.515. The second-order valence-corrected chi connectivity index (χ2v) is 6.72. The topological polar surface area (TPSA) is 75.4 Å². The molecule has 0 aromatic carbocycles. The fourth-order valence-electron chi connectivity index (χ4n) is 1.82. The molecule has 0 saturated carbocycles. The van der Waals surface area contributed by atoms with Gasteiger partial charge in [-0.1, -0.05) is 0 Å². The van der Waals surface area contributed by atoms with E-state index in [0.717, 1.165) is 13.1 Å². The quantitative estimate of drug-likeness (QED) is 0.680. The molecule has 16 heavy (non-hydrogen) atoms. The van der Waals surface area contributed by atoms with Gasteiger partial charge >= 0.3 is 0 Å². The number of likely N-dealkylation sites (tertiary alicyclic amines) is 1. The maximum Gasteiger partial charge on any atom is 0.215 e. The van der Waals surface area contributed by atoms with Gasteiger partial charge in [0.15, 0.2) is 0 Å². The van der Waals surface area contributed by atoms with Gasteiger partial charge in [-0.15, -0.1) is 0 Å². The SMILES string of the molecule is CC(CNS(=O)(=O)C(C)CN)N1CCCC1. The lowest BCUT2D eigenvalue weighted by atomic mass is 10.3. The van der Waals surface area contributed by atoms with E-state index in [1.807, 2.05) is 0 Å². The molecule has 3 N–H and O–H groups in total. The van der Waals surface area contributed by atoms with Crippen molar-refractivity contribution in [3.05, 3.63) is 0 Å². The Bertz CT molecular complexity index is 299. The van der Waals surface area contributed by atoms with Crippen molar-refractivity contribution in [1.29, 1.82) is 0 Å². The Morgan fingerprint density at radius 2 is 1.88 bits per heavy atom. The first-order chi connectivity index (χ1) is 7.47. The average molecular weight is 249 g/mol. The molecule has 0 aromatic heterocycles. The summed E-state index contributed by atoms with van der Waals surface area (Å²) >= 11 is 0. The lowest BCUT2D eigenvalue weighted by molar-refractivity contribution is 0.259. The lowest BCUT2D eigenvalue weighted by Gasteiger charge is -2.24. The van der Waals surface area contributed by atoms with Crippen molar-refractivity contribution in [3.63, 3.8) is 0 Å². The number of sulfonamides is 1. The zero-order valence-corrected chi connectivity index (χ0v) is 11.0. The molecule has 1 aliphatic rings. The van der Waals surface area contributed by atoms with E-state index in [0.29, 0.717) is 6.54 Å². The highest BCUT2D eigenvalue weighted by molar-refractivity contribution is 7.90. The maximum atomic E-state index is 11.7. The molecule has 0 aliphatic carbocycles. The fraction of sp³-hybridized carbons (Fsp3) is 1.00. The lowest BCUT2D eigenvalue weighted by Crippen LogP contribution is -2.44. The van der Waals surface area contributed by atoms with Crippen LogP contribution in [0.15, 0.2) is 0 Å². The van der Waals surface area contributed by atoms with Crippen molar-refractivity contribution in [1.82, 2.24) is 9.62 Å². The van der Waals surface area contributed by atoms with Crippen LogP contribution in [0, 0.1) is 0 Å². The first-order valence-corrected chi connectivity index (χ1v) is 7.44. The third-order valence-corrected chi connectivity index (χ3v) is 5.03. The van der Waals surface area contributed by atoms with E-state index < -0.39 is 15.3 Å². The van der Waals surface area contributed by atoms with Crippen LogP contribution in [-0.2, 0) is 10.0 Å². The zero-order valence-electron chi connectivity index (χ0n) is 10.1. The van der Waals surface area contributed by atoms with Gasteiger partial charge in [0.25, 0.3) is 0 Å². The number of nitrogens with zero attached hydrogens (tertiary/aromatic N) is 1. The largest absolute Gasteiger partial charge is 0.329 e. The monoisotopic (exact) mass is 249 g/mol. The number of rotatable bonds is 6. The summed E-state index contributed by atoms with van der Waals surface area (Å²) in [4.78, 5) is 2.32. The molecule has 1 heterocycles. The molecule has 5 nitrogen and oxygen atoms in total. The Morgan fingerprint density at radius 1 is 1.31 bits per heavy atom. The van der Waals surface area contributed by atoms with Gasteiger partial charge in [-0.2, -0.15) is 0 Å². The first-order valence-electron chi connectivity index (χ1n) is 5.90. The Labute approximate surface area is 98.4 Å². The summed E-state index contributed by atoms with van der Waals surface area (Å²) < 4.78 is 26.0. The van der Waals surface area contributed by atoms with Gasteiger partial charge in [0.05, 0.1) is 5.25 Å². The first kappa shape index (κ1) is 13.9. The van der Waals surface area contributed by atoms with Crippen LogP contribution in [0.1, 0.15) is 26.7 Å². The molecule has 1 saturated heterocycles. The van der Waals surface area contributed by atoms with Crippen molar-refractivity contribution >= 4 is 10.0 Å². The minimum Gasteiger partial charge on any atom is -0.329 e. The van der Waals surface area contributed by atoms with Gasteiger partial charge in [-0.05, 0) is 39.8 Å². The molecule has 2 unspecified atom stereocenters. The Morgan fingerprint density at radius 3 is 2.38 bits per heavy atom. The van der Waals surface area contributed by atoms with Gasteiger partial charge in [0, 0.05) is 19.1 Å². The van der Waals surface area contributed by atoms with Crippen molar-refractivity contribution in [2.24, 2.45) is 5.73 Å². The van der Waals surface area contributed by atoms with Gasteiger partial charge in [0.1, 0.15) is 0 Å². The minimum absolute atomic E-state index is 0.160. The maximum absolute atomic E-state index is 11.7. The molecule has 0 bridgehead atoms. The molecular formula is C10H23N3O2S. The van der Waals surface area contributed by atoms with Crippen molar-refractivity contribution < 1.29 is 8.42 Å². The highest BCUT2D eigenvalue weighted by Gasteiger charge is 2.22. The average Bonchev–Trinajstić information content (AvgIpc) is 2.78. The van der Waals surface area contributed by atoms with Crippen LogP contribution in [0.25, 0.3) is 0 Å². The summed E-state index contributed by atoms with van der Waals surface area (Å²) in [6.45, 7) is 6.48.